The monoisotopic (exact) mass is 832 g/mol. The van der Waals surface area contributed by atoms with E-state index in [9.17, 15) is 63.6 Å². The molecular weight excluding hydrogens is 768 g/mol. The number of carboxylic acids is 2. The number of hydrogen-bond acceptors (Lipinski definition) is 14. The van der Waals surface area contributed by atoms with Crippen molar-refractivity contribution < 1.29 is 63.6 Å². The van der Waals surface area contributed by atoms with E-state index in [1.807, 2.05) is 0 Å². The highest BCUT2D eigenvalue weighted by molar-refractivity contribution is 5.98. The number of rotatable bonds is 30. The lowest BCUT2D eigenvalue weighted by Crippen LogP contribution is -2.62. The molecule has 7 amide bonds. The number of carbonyl (C=O) groups is 9. The Morgan fingerprint density at radius 1 is 0.534 bits per heavy atom. The van der Waals surface area contributed by atoms with Crippen molar-refractivity contribution in [1.82, 2.24) is 31.9 Å². The van der Waals surface area contributed by atoms with E-state index < -0.39 is 127 Å². The first kappa shape index (κ1) is 53.0. The number of nitrogens with one attached hydrogen (secondary N) is 6. The first-order valence-corrected chi connectivity index (χ1v) is 19.1. The van der Waals surface area contributed by atoms with Crippen LogP contribution in [-0.2, 0) is 43.2 Å². The lowest BCUT2D eigenvalue weighted by Gasteiger charge is -2.28. The highest BCUT2D eigenvalue weighted by Gasteiger charge is 2.36. The number of aliphatic hydroxyl groups is 2. The minimum atomic E-state index is -1.82. The van der Waals surface area contributed by atoms with Crippen molar-refractivity contribution in [1.29, 1.82) is 0 Å². The van der Waals surface area contributed by atoms with Gasteiger partial charge in [-0.2, -0.15) is 0 Å². The Bertz CT molecular complexity index is 1400. The Labute approximate surface area is 336 Å². The second-order valence-corrected chi connectivity index (χ2v) is 14.4. The highest BCUT2D eigenvalue weighted by atomic mass is 16.4. The van der Waals surface area contributed by atoms with Gasteiger partial charge in [0.2, 0.25) is 41.4 Å². The molecule has 0 aliphatic carbocycles. The largest absolute Gasteiger partial charge is 0.481 e. The van der Waals surface area contributed by atoms with Crippen LogP contribution in [0.3, 0.4) is 0 Å². The average Bonchev–Trinajstić information content (AvgIpc) is 3.12. The Hall–Kier alpha value is -4.97. The number of nitrogens with two attached hydrogens (primary N) is 4. The molecule has 23 nitrogen and oxygen atoms in total. The zero-order chi connectivity index (χ0) is 44.7. The van der Waals surface area contributed by atoms with Crippen LogP contribution >= 0.6 is 0 Å². The molecule has 58 heavy (non-hydrogen) atoms. The number of aliphatic carboxylic acids is 2. The Morgan fingerprint density at radius 3 is 1.36 bits per heavy atom. The maximum absolute atomic E-state index is 13.6. The minimum Gasteiger partial charge on any atom is -0.481 e. The van der Waals surface area contributed by atoms with Crippen molar-refractivity contribution in [2.24, 2.45) is 28.9 Å². The van der Waals surface area contributed by atoms with Crippen molar-refractivity contribution in [3.63, 3.8) is 0 Å². The van der Waals surface area contributed by atoms with Crippen LogP contribution in [0.15, 0.2) is 0 Å². The molecule has 0 aromatic carbocycles. The molecule has 0 rings (SSSR count). The van der Waals surface area contributed by atoms with Gasteiger partial charge in [-0.25, -0.2) is 4.79 Å². The quantitative estimate of drug-likeness (QED) is 0.0302. The second kappa shape index (κ2) is 27.6. The number of primary amides is 1. The molecule has 332 valence electrons. The van der Waals surface area contributed by atoms with Crippen LogP contribution in [-0.4, -0.2) is 141 Å². The number of amides is 7. The van der Waals surface area contributed by atoms with Crippen LogP contribution in [0, 0.1) is 5.92 Å². The van der Waals surface area contributed by atoms with Gasteiger partial charge >= 0.3 is 11.9 Å². The minimum absolute atomic E-state index is 0.0148. The summed E-state index contributed by atoms with van der Waals surface area (Å²) in [6.07, 6.45) is -3.48. The van der Waals surface area contributed by atoms with Crippen LogP contribution < -0.4 is 54.8 Å². The smallest absolute Gasteiger partial charge is 0.326 e. The standard InChI is InChI=1S/C35H64N10O13/c1-17(2)15-24(35(57)58)44-32(54)23(16-25(38)48)43-30(52)21(10-6-8-14-37)42-34(56)28(19(4)47)45-31(53)22(11-12-26(49)50)40-29(51)20(9-5-7-13-36)41-33(55)27(39)18(3)46/h17-24,27-28,46-47H,5-16,36-37,39H2,1-4H3,(H2,38,48)(H,40,51)(H,41,55)(H,42,56)(H,43,52)(H,44,54)(H,45,53)(H,49,50)(H,57,58)/t18-,19-,20+,21+,22+,23+,24+,27+,28+/m1/s1. The molecule has 0 aromatic heterocycles. The molecule has 0 saturated heterocycles. The second-order valence-electron chi connectivity index (χ2n) is 14.4. The summed E-state index contributed by atoms with van der Waals surface area (Å²) in [4.78, 5) is 115. The van der Waals surface area contributed by atoms with Crippen LogP contribution in [0.5, 0.6) is 0 Å². The molecule has 0 radical (unpaired) electrons. The number of hydrogen-bond donors (Lipinski definition) is 14. The molecule has 0 saturated carbocycles. The molecule has 18 N–H and O–H groups in total. The summed E-state index contributed by atoms with van der Waals surface area (Å²) in [5.74, 6) is -10.0. The summed E-state index contributed by atoms with van der Waals surface area (Å²) >= 11 is 0. The molecule has 9 atom stereocenters. The van der Waals surface area contributed by atoms with Crippen molar-refractivity contribution in [3.05, 3.63) is 0 Å². The molecule has 23 heteroatoms. The lowest BCUT2D eigenvalue weighted by molar-refractivity contribution is -0.143. The summed E-state index contributed by atoms with van der Waals surface area (Å²) < 4.78 is 0. The number of carbonyl (C=O) groups excluding carboxylic acids is 7. The molecule has 0 aromatic rings. The normalized spacial score (nSPS) is 15.8. The fraction of sp³-hybridized carbons (Fsp3) is 0.743. The van der Waals surface area contributed by atoms with Crippen LogP contribution in [0.2, 0.25) is 0 Å². The molecule has 0 bridgehead atoms. The number of unbranched alkanes of at least 4 members (excludes halogenated alkanes) is 2. The van der Waals surface area contributed by atoms with Crippen LogP contribution in [0.4, 0.5) is 0 Å². The van der Waals surface area contributed by atoms with Crippen molar-refractivity contribution >= 4 is 53.3 Å². The third-order valence-corrected chi connectivity index (χ3v) is 8.68. The van der Waals surface area contributed by atoms with Gasteiger partial charge in [0, 0.05) is 6.42 Å². The molecule has 0 heterocycles. The molecule has 0 aliphatic rings. The van der Waals surface area contributed by atoms with Gasteiger partial charge in [0.1, 0.15) is 42.3 Å². The van der Waals surface area contributed by atoms with Gasteiger partial charge < -0.3 is 75.3 Å². The van der Waals surface area contributed by atoms with Gasteiger partial charge in [0.05, 0.1) is 18.6 Å². The zero-order valence-electron chi connectivity index (χ0n) is 33.5. The van der Waals surface area contributed by atoms with E-state index in [0.717, 1.165) is 6.92 Å². The van der Waals surface area contributed by atoms with Crippen molar-refractivity contribution in [3.8, 4) is 0 Å². The van der Waals surface area contributed by atoms with Gasteiger partial charge in [-0.05, 0) is 84.2 Å². The van der Waals surface area contributed by atoms with E-state index in [1.165, 1.54) is 6.92 Å². The Morgan fingerprint density at radius 2 is 0.948 bits per heavy atom. The molecule has 0 aliphatic heterocycles. The van der Waals surface area contributed by atoms with E-state index in [1.54, 1.807) is 13.8 Å². The van der Waals surface area contributed by atoms with Gasteiger partial charge in [-0.3, -0.25) is 38.4 Å². The van der Waals surface area contributed by atoms with Crippen molar-refractivity contribution in [2.45, 2.75) is 146 Å². The zero-order valence-corrected chi connectivity index (χ0v) is 33.5. The predicted molar refractivity (Wildman–Crippen MR) is 207 cm³/mol. The van der Waals surface area contributed by atoms with Gasteiger partial charge in [0.25, 0.3) is 0 Å². The third kappa shape index (κ3) is 21.0. The van der Waals surface area contributed by atoms with Crippen molar-refractivity contribution in [2.75, 3.05) is 13.1 Å². The summed E-state index contributed by atoms with van der Waals surface area (Å²) in [6.45, 7) is 6.27. The first-order valence-electron chi connectivity index (χ1n) is 19.1. The maximum Gasteiger partial charge on any atom is 0.326 e. The molecule has 0 unspecified atom stereocenters. The third-order valence-electron chi connectivity index (χ3n) is 8.68. The van der Waals surface area contributed by atoms with Crippen LogP contribution in [0.1, 0.15) is 91.9 Å². The summed E-state index contributed by atoms with van der Waals surface area (Å²) in [6, 6.07) is -10.7. The Balaban J connectivity index is 6.40. The SMILES string of the molecule is CC(C)C[C@H](NC(=O)[C@H](CC(N)=O)NC(=O)[C@H](CCCCN)NC(=O)[C@@H](NC(=O)[C@H](CCC(=O)O)NC(=O)[C@H](CCCCN)NC(=O)[C@@H](N)[C@@H](C)O)[C@@H](C)O)C(=O)O. The summed E-state index contributed by atoms with van der Waals surface area (Å²) in [5.41, 5.74) is 22.1. The van der Waals surface area contributed by atoms with E-state index in [-0.39, 0.29) is 44.7 Å². The highest BCUT2D eigenvalue weighted by Crippen LogP contribution is 2.10. The summed E-state index contributed by atoms with van der Waals surface area (Å²) in [7, 11) is 0. The summed E-state index contributed by atoms with van der Waals surface area (Å²) in [5, 5.41) is 53.2. The maximum atomic E-state index is 13.6. The molecule has 0 spiro atoms. The average molecular weight is 833 g/mol. The van der Waals surface area contributed by atoms with Gasteiger partial charge in [-0.1, -0.05) is 13.8 Å². The molecular formula is C35H64N10O13. The number of carboxylic acid groups (broad SMARTS) is 2. The Kier molecular flexibility index (Phi) is 25.3. The number of aliphatic hydroxyl groups excluding tert-OH is 2. The van der Waals surface area contributed by atoms with Crippen LogP contribution in [0.25, 0.3) is 0 Å². The first-order chi connectivity index (χ1) is 27.0. The van der Waals surface area contributed by atoms with Gasteiger partial charge in [-0.15, -0.1) is 0 Å². The van der Waals surface area contributed by atoms with E-state index >= 15 is 0 Å². The van der Waals surface area contributed by atoms with Gasteiger partial charge in [0.15, 0.2) is 0 Å². The fourth-order valence-electron chi connectivity index (χ4n) is 5.39. The lowest BCUT2D eigenvalue weighted by atomic mass is 10.0. The van der Waals surface area contributed by atoms with E-state index in [0.29, 0.717) is 19.3 Å². The topological polar surface area (TPSA) is 411 Å². The fourth-order valence-corrected chi connectivity index (χ4v) is 5.39. The predicted octanol–water partition coefficient (Wildman–Crippen LogP) is -4.89. The van der Waals surface area contributed by atoms with E-state index in [4.69, 9.17) is 22.9 Å². The molecule has 0 fully saturated rings. The van der Waals surface area contributed by atoms with E-state index in [2.05, 4.69) is 31.9 Å².